The molecule has 1 aliphatic heterocycles. The van der Waals surface area contributed by atoms with E-state index in [9.17, 15) is 9.59 Å². The molecule has 1 heterocycles. The number of hydrogen-bond acceptors (Lipinski definition) is 4. The van der Waals surface area contributed by atoms with Crippen molar-refractivity contribution in [1.29, 1.82) is 0 Å². The molecule has 2 amide bonds. The minimum atomic E-state index is -0.664. The third kappa shape index (κ3) is 3.39. The second kappa shape index (κ2) is 7.23. The zero-order valence-corrected chi connectivity index (χ0v) is 14.2. The molecule has 1 aliphatic rings. The molecule has 0 saturated carbocycles. The lowest BCUT2D eigenvalue weighted by Crippen LogP contribution is -2.50. The minimum Gasteiger partial charge on any atom is -0.329 e. The molecule has 0 aromatic heterocycles. The lowest BCUT2D eigenvalue weighted by atomic mass is 10.1. The SMILES string of the molecule is NC(CS)C(=O)N1CCCC1C(=O)Nc1ccc2ccccc2c1. The van der Waals surface area contributed by atoms with Gasteiger partial charge in [-0.3, -0.25) is 9.59 Å². The van der Waals surface area contributed by atoms with Crippen molar-refractivity contribution < 1.29 is 9.59 Å². The number of nitrogens with two attached hydrogens (primary N) is 1. The summed E-state index contributed by atoms with van der Waals surface area (Å²) in [7, 11) is 0. The topological polar surface area (TPSA) is 75.4 Å². The van der Waals surface area contributed by atoms with Crippen LogP contribution in [0.15, 0.2) is 42.5 Å². The molecular formula is C18H21N3O2S. The number of fused-ring (bicyclic) bond motifs is 1. The van der Waals surface area contributed by atoms with Crippen molar-refractivity contribution in [3.05, 3.63) is 42.5 Å². The summed E-state index contributed by atoms with van der Waals surface area (Å²) in [6.07, 6.45) is 1.46. The van der Waals surface area contributed by atoms with Gasteiger partial charge in [-0.1, -0.05) is 30.3 Å². The van der Waals surface area contributed by atoms with Crippen LogP contribution in [0.25, 0.3) is 10.8 Å². The van der Waals surface area contributed by atoms with Gasteiger partial charge in [0.05, 0.1) is 6.04 Å². The summed E-state index contributed by atoms with van der Waals surface area (Å²) in [5, 5.41) is 5.11. The number of hydrogen-bond donors (Lipinski definition) is 3. The summed E-state index contributed by atoms with van der Waals surface area (Å²) in [5.74, 6) is -0.0994. The van der Waals surface area contributed by atoms with E-state index < -0.39 is 12.1 Å². The standard InChI is InChI=1S/C18H21N3O2S/c19-15(11-24)18(23)21-9-3-6-16(21)17(22)20-14-8-7-12-4-1-2-5-13(12)10-14/h1-2,4-5,7-8,10,15-16,24H,3,6,9,11,19H2,(H,20,22). The maximum absolute atomic E-state index is 12.6. The number of nitrogens with one attached hydrogen (secondary N) is 1. The number of likely N-dealkylation sites (tertiary alicyclic amines) is 1. The highest BCUT2D eigenvalue weighted by atomic mass is 32.1. The monoisotopic (exact) mass is 343 g/mol. The summed E-state index contributed by atoms with van der Waals surface area (Å²) in [6.45, 7) is 0.566. The van der Waals surface area contributed by atoms with Crippen LogP contribution in [0.1, 0.15) is 12.8 Å². The number of anilines is 1. The van der Waals surface area contributed by atoms with Crippen LogP contribution in [0.3, 0.4) is 0 Å². The van der Waals surface area contributed by atoms with Crippen LogP contribution >= 0.6 is 12.6 Å². The molecule has 2 aromatic rings. The first-order chi connectivity index (χ1) is 11.6. The predicted molar refractivity (Wildman–Crippen MR) is 99.1 cm³/mol. The van der Waals surface area contributed by atoms with Crippen LogP contribution < -0.4 is 11.1 Å². The number of thiol groups is 1. The van der Waals surface area contributed by atoms with Gasteiger partial charge in [0.1, 0.15) is 6.04 Å². The van der Waals surface area contributed by atoms with Crippen molar-refractivity contribution in [3.63, 3.8) is 0 Å². The first kappa shape index (κ1) is 16.8. The Balaban J connectivity index is 1.74. The predicted octanol–water partition coefficient (Wildman–Crippen LogP) is 2.03. The number of amides is 2. The van der Waals surface area contributed by atoms with Gasteiger partial charge in [-0.15, -0.1) is 0 Å². The highest BCUT2D eigenvalue weighted by Crippen LogP contribution is 2.22. The van der Waals surface area contributed by atoms with Gasteiger partial charge in [-0.2, -0.15) is 12.6 Å². The van der Waals surface area contributed by atoms with Gasteiger partial charge in [-0.25, -0.2) is 0 Å². The van der Waals surface area contributed by atoms with E-state index in [1.165, 1.54) is 0 Å². The molecular weight excluding hydrogens is 322 g/mol. The van der Waals surface area contributed by atoms with E-state index in [1.54, 1.807) is 4.90 Å². The van der Waals surface area contributed by atoms with Gasteiger partial charge in [0.25, 0.3) is 0 Å². The molecule has 2 aromatic carbocycles. The van der Waals surface area contributed by atoms with Gasteiger partial charge in [0, 0.05) is 18.0 Å². The van der Waals surface area contributed by atoms with Crippen molar-refractivity contribution in [2.75, 3.05) is 17.6 Å². The van der Waals surface area contributed by atoms with Crippen LogP contribution in [0.4, 0.5) is 5.69 Å². The average molecular weight is 343 g/mol. The molecule has 24 heavy (non-hydrogen) atoms. The third-order valence-corrected chi connectivity index (χ3v) is 4.76. The van der Waals surface area contributed by atoms with Crippen LogP contribution in [0.2, 0.25) is 0 Å². The number of benzene rings is 2. The molecule has 0 spiro atoms. The highest BCUT2D eigenvalue weighted by molar-refractivity contribution is 7.80. The van der Waals surface area contributed by atoms with E-state index in [0.29, 0.717) is 13.0 Å². The first-order valence-electron chi connectivity index (χ1n) is 8.07. The Morgan fingerprint density at radius 3 is 2.75 bits per heavy atom. The Morgan fingerprint density at radius 1 is 1.25 bits per heavy atom. The fourth-order valence-corrected chi connectivity index (χ4v) is 3.24. The molecule has 2 atom stereocenters. The normalized spacial score (nSPS) is 18.6. The van der Waals surface area contributed by atoms with Crippen molar-refractivity contribution in [1.82, 2.24) is 4.90 Å². The summed E-state index contributed by atoms with van der Waals surface area (Å²) in [6, 6.07) is 12.6. The van der Waals surface area contributed by atoms with Crippen LogP contribution in [-0.2, 0) is 9.59 Å². The maximum Gasteiger partial charge on any atom is 0.247 e. The average Bonchev–Trinajstić information content (AvgIpc) is 3.10. The largest absolute Gasteiger partial charge is 0.329 e. The number of rotatable bonds is 4. The summed E-state index contributed by atoms with van der Waals surface area (Å²) in [4.78, 5) is 26.5. The molecule has 0 aliphatic carbocycles. The fourth-order valence-electron chi connectivity index (χ4n) is 3.09. The molecule has 6 heteroatoms. The Kier molecular flexibility index (Phi) is 5.06. The van der Waals surface area contributed by atoms with Gasteiger partial charge in [-0.05, 0) is 35.7 Å². The minimum absolute atomic E-state index is 0.164. The zero-order valence-electron chi connectivity index (χ0n) is 13.3. The second-order valence-electron chi connectivity index (χ2n) is 6.03. The van der Waals surface area contributed by atoms with Gasteiger partial charge in [0.15, 0.2) is 0 Å². The fraction of sp³-hybridized carbons (Fsp3) is 0.333. The quantitative estimate of drug-likeness (QED) is 0.744. The van der Waals surface area contributed by atoms with Crippen molar-refractivity contribution >= 4 is 40.9 Å². The molecule has 1 saturated heterocycles. The van der Waals surface area contributed by atoms with E-state index in [1.807, 2.05) is 42.5 Å². The Labute approximate surface area is 146 Å². The lowest BCUT2D eigenvalue weighted by molar-refractivity contribution is -0.137. The van der Waals surface area contributed by atoms with Crippen LogP contribution in [0.5, 0.6) is 0 Å². The van der Waals surface area contributed by atoms with E-state index in [2.05, 4.69) is 17.9 Å². The molecule has 1 fully saturated rings. The Bertz CT molecular complexity index is 765. The van der Waals surface area contributed by atoms with E-state index in [-0.39, 0.29) is 17.6 Å². The number of carbonyl (C=O) groups excluding carboxylic acids is 2. The number of carbonyl (C=O) groups is 2. The highest BCUT2D eigenvalue weighted by Gasteiger charge is 2.35. The Hall–Kier alpha value is -2.05. The summed E-state index contributed by atoms with van der Waals surface area (Å²) < 4.78 is 0. The Morgan fingerprint density at radius 2 is 2.00 bits per heavy atom. The molecule has 0 radical (unpaired) electrons. The van der Waals surface area contributed by atoms with Crippen molar-refractivity contribution in [2.45, 2.75) is 24.9 Å². The molecule has 5 nitrogen and oxygen atoms in total. The van der Waals surface area contributed by atoms with E-state index in [4.69, 9.17) is 5.73 Å². The van der Waals surface area contributed by atoms with Gasteiger partial charge < -0.3 is 16.0 Å². The van der Waals surface area contributed by atoms with Gasteiger partial charge >= 0.3 is 0 Å². The lowest BCUT2D eigenvalue weighted by Gasteiger charge is -2.26. The maximum atomic E-state index is 12.6. The molecule has 126 valence electrons. The molecule has 3 N–H and O–H groups in total. The molecule has 3 rings (SSSR count). The summed E-state index contributed by atoms with van der Waals surface area (Å²) in [5.41, 5.74) is 6.51. The third-order valence-electron chi connectivity index (χ3n) is 4.37. The smallest absolute Gasteiger partial charge is 0.247 e. The summed E-state index contributed by atoms with van der Waals surface area (Å²) >= 11 is 4.07. The van der Waals surface area contributed by atoms with E-state index >= 15 is 0 Å². The van der Waals surface area contributed by atoms with Crippen molar-refractivity contribution in [3.8, 4) is 0 Å². The van der Waals surface area contributed by atoms with E-state index in [0.717, 1.165) is 22.9 Å². The first-order valence-corrected chi connectivity index (χ1v) is 8.70. The van der Waals surface area contributed by atoms with Crippen LogP contribution in [0, 0.1) is 0 Å². The number of nitrogens with zero attached hydrogens (tertiary/aromatic N) is 1. The van der Waals surface area contributed by atoms with Crippen molar-refractivity contribution in [2.24, 2.45) is 5.73 Å². The molecule has 0 bridgehead atoms. The molecule has 2 unspecified atom stereocenters. The second-order valence-corrected chi connectivity index (χ2v) is 6.40. The van der Waals surface area contributed by atoms with Gasteiger partial charge in [0.2, 0.25) is 11.8 Å². The van der Waals surface area contributed by atoms with Crippen LogP contribution in [-0.4, -0.2) is 41.1 Å². The zero-order chi connectivity index (χ0) is 17.1.